The number of ether oxygens (including phenoxy) is 4. The number of hydrogen-bond acceptors (Lipinski definition) is 7. The van der Waals surface area contributed by atoms with Crippen LogP contribution >= 0.6 is 0 Å². The summed E-state index contributed by atoms with van der Waals surface area (Å²) in [5.74, 6) is -0.324. The minimum absolute atomic E-state index is 0.109. The van der Waals surface area contributed by atoms with Gasteiger partial charge in [0.2, 0.25) is 0 Å². The molecule has 1 aromatic rings. The predicted molar refractivity (Wildman–Crippen MR) is 116 cm³/mol. The highest BCUT2D eigenvalue weighted by molar-refractivity contribution is 5.71. The van der Waals surface area contributed by atoms with Crippen LogP contribution in [0.1, 0.15) is 45.6 Å². The van der Waals surface area contributed by atoms with Crippen molar-refractivity contribution in [2.75, 3.05) is 39.4 Å². The van der Waals surface area contributed by atoms with Crippen LogP contribution in [0.15, 0.2) is 30.3 Å². The molecule has 0 spiro atoms. The summed E-state index contributed by atoms with van der Waals surface area (Å²) in [5, 5.41) is 2.72. The molecule has 1 heterocycles. The zero-order chi connectivity index (χ0) is 22.5. The van der Waals surface area contributed by atoms with E-state index >= 15 is 0 Å². The van der Waals surface area contributed by atoms with Crippen LogP contribution in [0.5, 0.6) is 0 Å². The molecule has 8 nitrogen and oxygen atoms in total. The molecule has 1 aliphatic heterocycles. The lowest BCUT2D eigenvalue weighted by atomic mass is 10.2. The molecule has 1 aromatic carbocycles. The second-order valence-corrected chi connectivity index (χ2v) is 8.52. The number of nitrogens with zero attached hydrogens (tertiary/aromatic N) is 1. The van der Waals surface area contributed by atoms with Crippen LogP contribution < -0.4 is 5.32 Å². The monoisotopic (exact) mass is 436 g/mol. The van der Waals surface area contributed by atoms with Crippen molar-refractivity contribution in [3.63, 3.8) is 0 Å². The summed E-state index contributed by atoms with van der Waals surface area (Å²) in [4.78, 5) is 26.1. The van der Waals surface area contributed by atoms with Gasteiger partial charge in [-0.1, -0.05) is 30.3 Å². The van der Waals surface area contributed by atoms with Gasteiger partial charge in [-0.05, 0) is 45.6 Å². The highest BCUT2D eigenvalue weighted by atomic mass is 16.7. The average Bonchev–Trinajstić information content (AvgIpc) is 2.72. The van der Waals surface area contributed by atoms with Gasteiger partial charge in [0, 0.05) is 26.2 Å². The van der Waals surface area contributed by atoms with E-state index < -0.39 is 11.7 Å². The average molecular weight is 437 g/mol. The number of carbonyl (C=O) groups excluding carboxylic acids is 2. The third kappa shape index (κ3) is 11.7. The summed E-state index contributed by atoms with van der Waals surface area (Å²) >= 11 is 0. The normalized spacial score (nSPS) is 16.7. The molecule has 1 aliphatic rings. The third-order valence-electron chi connectivity index (χ3n) is 4.54. The standard InChI is InChI=1S/C23H36N2O6/c1-23(2,3)31-22(27)24-12-13-25(14-16-29-21-11-7-8-15-28-21)17-20(26)30-18-19-9-5-4-6-10-19/h4-6,9-10,21H,7-8,11-18H2,1-3H3,(H,24,27). The summed E-state index contributed by atoms with van der Waals surface area (Å²) < 4.78 is 22.0. The molecule has 31 heavy (non-hydrogen) atoms. The summed E-state index contributed by atoms with van der Waals surface area (Å²) in [5.41, 5.74) is 0.380. The van der Waals surface area contributed by atoms with Crippen LogP contribution in [0.25, 0.3) is 0 Å². The van der Waals surface area contributed by atoms with Crippen molar-refractivity contribution < 1.29 is 28.5 Å². The SMILES string of the molecule is CC(C)(C)OC(=O)NCCN(CCOC1CCCCO1)CC(=O)OCc1ccccc1. The molecular formula is C23H36N2O6. The Morgan fingerprint density at radius 2 is 1.94 bits per heavy atom. The van der Waals surface area contributed by atoms with E-state index in [2.05, 4.69) is 5.32 Å². The number of rotatable bonds is 11. The number of hydrogen-bond donors (Lipinski definition) is 1. The molecule has 1 fully saturated rings. The molecule has 0 aliphatic carbocycles. The zero-order valence-electron chi connectivity index (χ0n) is 18.9. The van der Waals surface area contributed by atoms with Crippen LogP contribution in [0, 0.1) is 0 Å². The van der Waals surface area contributed by atoms with Gasteiger partial charge < -0.3 is 24.3 Å². The van der Waals surface area contributed by atoms with E-state index in [4.69, 9.17) is 18.9 Å². The van der Waals surface area contributed by atoms with Crippen molar-refractivity contribution in [1.82, 2.24) is 10.2 Å². The van der Waals surface area contributed by atoms with Gasteiger partial charge in [-0.15, -0.1) is 0 Å². The van der Waals surface area contributed by atoms with Crippen molar-refractivity contribution in [3.05, 3.63) is 35.9 Å². The molecule has 0 bridgehead atoms. The fourth-order valence-corrected chi connectivity index (χ4v) is 3.02. The van der Waals surface area contributed by atoms with E-state index in [1.165, 1.54) is 0 Å². The molecule has 8 heteroatoms. The maximum atomic E-state index is 12.3. The highest BCUT2D eigenvalue weighted by Crippen LogP contribution is 2.13. The summed E-state index contributed by atoms with van der Waals surface area (Å²) in [7, 11) is 0. The van der Waals surface area contributed by atoms with E-state index in [0.29, 0.717) is 26.2 Å². The van der Waals surface area contributed by atoms with Gasteiger partial charge in [-0.2, -0.15) is 0 Å². The molecule has 0 saturated carbocycles. The van der Waals surface area contributed by atoms with Crippen molar-refractivity contribution >= 4 is 12.1 Å². The summed E-state index contributed by atoms with van der Waals surface area (Å²) in [6.45, 7) is 8.27. The lowest BCUT2D eigenvalue weighted by Crippen LogP contribution is -2.41. The molecule has 1 N–H and O–H groups in total. The van der Waals surface area contributed by atoms with Gasteiger partial charge in [0.05, 0.1) is 13.2 Å². The van der Waals surface area contributed by atoms with Gasteiger partial charge in [-0.25, -0.2) is 4.79 Å². The number of esters is 1. The summed E-state index contributed by atoms with van der Waals surface area (Å²) in [6, 6.07) is 9.55. The Hall–Kier alpha value is -2.16. The lowest BCUT2D eigenvalue weighted by molar-refractivity contribution is -0.165. The van der Waals surface area contributed by atoms with Crippen LogP contribution in [-0.4, -0.2) is 68.2 Å². The number of carbonyl (C=O) groups is 2. The quantitative estimate of drug-likeness (QED) is 0.534. The van der Waals surface area contributed by atoms with E-state index in [-0.39, 0.29) is 25.4 Å². The minimum atomic E-state index is -0.557. The number of amides is 1. The van der Waals surface area contributed by atoms with Gasteiger partial charge in [0.15, 0.2) is 6.29 Å². The number of benzene rings is 1. The second kappa shape index (κ2) is 13.3. The Balaban J connectivity index is 1.77. The Morgan fingerprint density at radius 1 is 1.16 bits per heavy atom. The molecule has 1 atom stereocenters. The van der Waals surface area contributed by atoms with Crippen LogP contribution in [0.4, 0.5) is 4.79 Å². The van der Waals surface area contributed by atoms with Gasteiger partial charge in [0.25, 0.3) is 0 Å². The van der Waals surface area contributed by atoms with Crippen LogP contribution in [-0.2, 0) is 30.3 Å². The molecule has 1 unspecified atom stereocenters. The first kappa shape index (κ1) is 25.1. The van der Waals surface area contributed by atoms with Gasteiger partial charge in [0.1, 0.15) is 12.2 Å². The zero-order valence-corrected chi connectivity index (χ0v) is 18.9. The van der Waals surface area contributed by atoms with E-state index in [0.717, 1.165) is 31.4 Å². The maximum absolute atomic E-state index is 12.3. The number of alkyl carbamates (subject to hydrolysis) is 1. The van der Waals surface area contributed by atoms with Gasteiger partial charge >= 0.3 is 12.1 Å². The third-order valence-corrected chi connectivity index (χ3v) is 4.54. The molecule has 1 saturated heterocycles. The first-order chi connectivity index (χ1) is 14.8. The lowest BCUT2D eigenvalue weighted by Gasteiger charge is -2.26. The number of nitrogens with one attached hydrogen (secondary N) is 1. The van der Waals surface area contributed by atoms with Gasteiger partial charge in [-0.3, -0.25) is 9.69 Å². The Bertz CT molecular complexity index is 656. The Morgan fingerprint density at radius 3 is 2.61 bits per heavy atom. The topological polar surface area (TPSA) is 86.3 Å². The fourth-order valence-electron chi connectivity index (χ4n) is 3.02. The molecular weight excluding hydrogens is 400 g/mol. The molecule has 174 valence electrons. The van der Waals surface area contributed by atoms with Crippen LogP contribution in [0.3, 0.4) is 0 Å². The largest absolute Gasteiger partial charge is 0.460 e. The first-order valence-corrected chi connectivity index (χ1v) is 10.9. The first-order valence-electron chi connectivity index (χ1n) is 10.9. The molecule has 1 amide bonds. The van der Waals surface area contributed by atoms with Crippen molar-refractivity contribution in [1.29, 1.82) is 0 Å². The van der Waals surface area contributed by atoms with E-state index in [1.54, 1.807) is 0 Å². The minimum Gasteiger partial charge on any atom is -0.460 e. The second-order valence-electron chi connectivity index (χ2n) is 8.52. The predicted octanol–water partition coefficient (Wildman–Crippen LogP) is 3.10. The fraction of sp³-hybridized carbons (Fsp3) is 0.652. The molecule has 0 radical (unpaired) electrons. The van der Waals surface area contributed by atoms with Crippen molar-refractivity contribution in [3.8, 4) is 0 Å². The van der Waals surface area contributed by atoms with Crippen LogP contribution in [0.2, 0.25) is 0 Å². The maximum Gasteiger partial charge on any atom is 0.407 e. The van der Waals surface area contributed by atoms with Crippen molar-refractivity contribution in [2.24, 2.45) is 0 Å². The molecule has 2 rings (SSSR count). The smallest absolute Gasteiger partial charge is 0.407 e. The van der Waals surface area contributed by atoms with E-state index in [1.807, 2.05) is 56.0 Å². The van der Waals surface area contributed by atoms with Crippen molar-refractivity contribution in [2.45, 2.75) is 58.5 Å². The Labute approximate surface area is 185 Å². The summed E-state index contributed by atoms with van der Waals surface area (Å²) in [6.07, 6.45) is 2.39. The van der Waals surface area contributed by atoms with E-state index in [9.17, 15) is 9.59 Å². The molecule has 0 aromatic heterocycles. The Kier molecular flexibility index (Phi) is 10.8. The highest BCUT2D eigenvalue weighted by Gasteiger charge is 2.18.